The number of hydrogen-bond acceptors (Lipinski definition) is 4. The monoisotopic (exact) mass is 238 g/mol. The number of rotatable bonds is 2. The quantitative estimate of drug-likeness (QED) is 0.452. The fourth-order valence-corrected chi connectivity index (χ4v) is 1.95. The Bertz CT molecular complexity index is 339. The molecule has 0 saturated carbocycles. The van der Waals surface area contributed by atoms with Gasteiger partial charge in [-0.05, 0) is 6.07 Å². The largest absolute Gasteiger partial charge is 0.463 e. The predicted octanol–water partition coefficient (Wildman–Crippen LogP) is 2.41. The Morgan fingerprint density at radius 1 is 1.46 bits per heavy atom. The molecule has 1 aromatic rings. The average molecular weight is 239 g/mol. The van der Waals surface area contributed by atoms with E-state index in [0.717, 1.165) is 18.4 Å². The van der Waals surface area contributed by atoms with Crippen molar-refractivity contribution < 1.29 is 14.3 Å². The summed E-state index contributed by atoms with van der Waals surface area (Å²) in [5.74, 6) is -1.66. The van der Waals surface area contributed by atoms with Gasteiger partial charge in [-0.25, -0.2) is 4.79 Å². The van der Waals surface area contributed by atoms with Crippen LogP contribution in [-0.2, 0) is 9.53 Å². The van der Waals surface area contributed by atoms with Crippen molar-refractivity contribution in [1.29, 1.82) is 0 Å². The van der Waals surface area contributed by atoms with E-state index in [1.807, 2.05) is 0 Å². The van der Waals surface area contributed by atoms with Gasteiger partial charge in [0.15, 0.2) is 0 Å². The molecule has 0 fully saturated rings. The van der Waals surface area contributed by atoms with E-state index in [1.54, 1.807) is 0 Å². The molecule has 6 heteroatoms. The Labute approximate surface area is 88.2 Å². The van der Waals surface area contributed by atoms with Gasteiger partial charge in [0, 0.05) is 0 Å². The summed E-state index contributed by atoms with van der Waals surface area (Å²) in [7, 11) is 1.14. The molecule has 0 bridgehead atoms. The second-order valence-electron chi connectivity index (χ2n) is 2.05. The standard InChI is InChI=1S/C7H4Cl2O3S/c1-12-7(11)5(10)4-2-3(8)6(9)13-4/h2H,1H3. The molecule has 0 radical (unpaired) electrons. The molecule has 3 nitrogen and oxygen atoms in total. The van der Waals surface area contributed by atoms with Gasteiger partial charge in [-0.1, -0.05) is 23.2 Å². The molecular formula is C7H4Cl2O3S. The highest BCUT2D eigenvalue weighted by atomic mass is 35.5. The van der Waals surface area contributed by atoms with Crippen molar-refractivity contribution in [1.82, 2.24) is 0 Å². The summed E-state index contributed by atoms with van der Waals surface area (Å²) in [6.45, 7) is 0. The second-order valence-corrected chi connectivity index (χ2v) is 4.11. The predicted molar refractivity (Wildman–Crippen MR) is 50.7 cm³/mol. The van der Waals surface area contributed by atoms with E-state index in [0.29, 0.717) is 0 Å². The molecule has 0 aliphatic carbocycles. The minimum absolute atomic E-state index is 0.182. The van der Waals surface area contributed by atoms with Gasteiger partial charge in [0.2, 0.25) is 0 Å². The molecule has 1 heterocycles. The Morgan fingerprint density at radius 2 is 2.08 bits per heavy atom. The third-order valence-electron chi connectivity index (χ3n) is 1.24. The van der Waals surface area contributed by atoms with Crippen LogP contribution < -0.4 is 0 Å². The summed E-state index contributed by atoms with van der Waals surface area (Å²) in [5, 5.41) is 0.263. The van der Waals surface area contributed by atoms with Gasteiger partial charge in [0.1, 0.15) is 4.34 Å². The van der Waals surface area contributed by atoms with Crippen molar-refractivity contribution in [3.05, 3.63) is 20.3 Å². The fourth-order valence-electron chi connectivity index (χ4n) is 0.652. The highest BCUT2D eigenvalue weighted by Crippen LogP contribution is 2.31. The number of carbonyl (C=O) groups is 2. The number of ether oxygens (including phenoxy) is 1. The Hall–Kier alpha value is -0.580. The summed E-state index contributed by atoms with van der Waals surface area (Å²) in [5.41, 5.74) is 0. The molecule has 0 unspecified atom stereocenters. The van der Waals surface area contributed by atoms with Gasteiger partial charge >= 0.3 is 5.97 Å². The van der Waals surface area contributed by atoms with Crippen molar-refractivity contribution >= 4 is 46.3 Å². The summed E-state index contributed by atoms with van der Waals surface area (Å²) >= 11 is 12.1. The normalized spacial score (nSPS) is 9.77. The van der Waals surface area contributed by atoms with Crippen LogP contribution in [0.4, 0.5) is 0 Å². The number of methoxy groups -OCH3 is 1. The van der Waals surface area contributed by atoms with Gasteiger partial charge < -0.3 is 4.74 Å². The molecule has 0 saturated heterocycles. The number of carbonyl (C=O) groups excluding carboxylic acids is 2. The van der Waals surface area contributed by atoms with E-state index in [9.17, 15) is 9.59 Å². The SMILES string of the molecule is COC(=O)C(=O)c1cc(Cl)c(Cl)s1. The lowest BCUT2D eigenvalue weighted by Gasteiger charge is -1.92. The zero-order valence-electron chi connectivity index (χ0n) is 6.47. The third-order valence-corrected chi connectivity index (χ3v) is 3.10. The fraction of sp³-hybridized carbons (Fsp3) is 0.143. The lowest BCUT2D eigenvalue weighted by molar-refractivity contribution is -0.135. The second kappa shape index (κ2) is 4.09. The van der Waals surface area contributed by atoms with Crippen molar-refractivity contribution in [3.63, 3.8) is 0 Å². The van der Waals surface area contributed by atoms with Crippen LogP contribution in [-0.4, -0.2) is 18.9 Å². The maximum absolute atomic E-state index is 11.2. The summed E-state index contributed by atoms with van der Waals surface area (Å²) in [4.78, 5) is 22.1. The van der Waals surface area contributed by atoms with Crippen molar-refractivity contribution in [2.24, 2.45) is 0 Å². The number of hydrogen-bond donors (Lipinski definition) is 0. The van der Waals surface area contributed by atoms with Gasteiger partial charge in [-0.2, -0.15) is 0 Å². The highest BCUT2D eigenvalue weighted by molar-refractivity contribution is 7.19. The van der Waals surface area contributed by atoms with Crippen LogP contribution in [0.1, 0.15) is 9.67 Å². The molecule has 0 spiro atoms. The van der Waals surface area contributed by atoms with Crippen LogP contribution in [0.3, 0.4) is 0 Å². The minimum atomic E-state index is -0.922. The molecule has 0 atom stereocenters. The number of thiophene rings is 1. The van der Waals surface area contributed by atoms with E-state index < -0.39 is 11.8 Å². The molecule has 70 valence electrons. The smallest absolute Gasteiger partial charge is 0.380 e. The van der Waals surface area contributed by atoms with E-state index in [-0.39, 0.29) is 14.2 Å². The lowest BCUT2D eigenvalue weighted by atomic mass is 10.3. The van der Waals surface area contributed by atoms with Crippen molar-refractivity contribution in [3.8, 4) is 0 Å². The average Bonchev–Trinajstić information content (AvgIpc) is 2.44. The zero-order valence-corrected chi connectivity index (χ0v) is 8.79. The Kier molecular flexibility index (Phi) is 3.30. The van der Waals surface area contributed by atoms with Crippen LogP contribution in [0, 0.1) is 0 Å². The topological polar surface area (TPSA) is 43.4 Å². The summed E-state index contributed by atoms with van der Waals surface area (Å²) < 4.78 is 4.53. The molecule has 0 aromatic carbocycles. The number of esters is 1. The molecule has 0 aliphatic rings. The van der Waals surface area contributed by atoms with E-state index in [2.05, 4.69) is 4.74 Å². The Morgan fingerprint density at radius 3 is 2.46 bits per heavy atom. The van der Waals surface area contributed by atoms with Crippen molar-refractivity contribution in [2.75, 3.05) is 7.11 Å². The van der Waals surface area contributed by atoms with Crippen molar-refractivity contribution in [2.45, 2.75) is 0 Å². The number of Topliss-reactive ketones (excluding diaryl/α,β-unsaturated/α-hetero) is 1. The molecule has 1 rings (SSSR count). The molecule has 13 heavy (non-hydrogen) atoms. The van der Waals surface area contributed by atoms with E-state index >= 15 is 0 Å². The van der Waals surface area contributed by atoms with Crippen LogP contribution >= 0.6 is 34.5 Å². The van der Waals surface area contributed by atoms with Gasteiger partial charge in [0.25, 0.3) is 5.78 Å². The van der Waals surface area contributed by atoms with Crippen LogP contribution in [0.5, 0.6) is 0 Å². The molecule has 0 N–H and O–H groups in total. The third kappa shape index (κ3) is 2.21. The van der Waals surface area contributed by atoms with Gasteiger partial charge in [0.05, 0.1) is 17.0 Å². The Balaban J connectivity index is 2.96. The van der Waals surface area contributed by atoms with E-state index in [4.69, 9.17) is 23.2 Å². The van der Waals surface area contributed by atoms with Gasteiger partial charge in [-0.3, -0.25) is 4.79 Å². The lowest BCUT2D eigenvalue weighted by Crippen LogP contribution is -2.13. The maximum Gasteiger partial charge on any atom is 0.380 e. The molecule has 0 aliphatic heterocycles. The first-order valence-corrected chi connectivity index (χ1v) is 4.71. The van der Waals surface area contributed by atoms with Gasteiger partial charge in [-0.15, -0.1) is 11.3 Å². The first-order valence-electron chi connectivity index (χ1n) is 3.13. The maximum atomic E-state index is 11.2. The van der Waals surface area contributed by atoms with E-state index in [1.165, 1.54) is 6.07 Å². The van der Waals surface area contributed by atoms with Crippen LogP contribution in [0.25, 0.3) is 0 Å². The molecular weight excluding hydrogens is 235 g/mol. The first kappa shape index (κ1) is 10.5. The molecule has 0 amide bonds. The van der Waals surface area contributed by atoms with Crippen LogP contribution in [0.15, 0.2) is 6.07 Å². The number of ketones is 1. The number of halogens is 2. The minimum Gasteiger partial charge on any atom is -0.463 e. The molecule has 1 aromatic heterocycles. The summed E-state index contributed by atoms with van der Waals surface area (Å²) in [6, 6.07) is 1.34. The first-order chi connectivity index (χ1) is 6.06. The van der Waals surface area contributed by atoms with Crippen LogP contribution in [0.2, 0.25) is 9.36 Å². The zero-order chi connectivity index (χ0) is 10.0. The summed E-state index contributed by atoms with van der Waals surface area (Å²) in [6.07, 6.45) is 0. The highest BCUT2D eigenvalue weighted by Gasteiger charge is 2.20.